The van der Waals surface area contributed by atoms with Gasteiger partial charge >= 0.3 is 0 Å². The minimum Gasteiger partial charge on any atom is -0.465 e. The highest BCUT2D eigenvalue weighted by molar-refractivity contribution is 5.19. The molecule has 0 aliphatic heterocycles. The highest BCUT2D eigenvalue weighted by Gasteiger charge is 2.08. The molecule has 1 rings (SSSR count). The molecule has 0 spiro atoms. The number of aryl methyl sites for hydroxylation is 1. The van der Waals surface area contributed by atoms with Gasteiger partial charge in [-0.25, -0.2) is 0 Å². The number of nitrogens with one attached hydrogen (secondary N) is 1. The van der Waals surface area contributed by atoms with Gasteiger partial charge in [0.1, 0.15) is 11.5 Å². The largest absolute Gasteiger partial charge is 0.465 e. The fourth-order valence-corrected chi connectivity index (χ4v) is 2.15. The second-order valence-corrected chi connectivity index (χ2v) is 5.38. The van der Waals surface area contributed by atoms with Crippen LogP contribution in [0.2, 0.25) is 0 Å². The highest BCUT2D eigenvalue weighted by atomic mass is 16.5. The molecule has 0 amide bonds. The lowest BCUT2D eigenvalue weighted by Crippen LogP contribution is -2.13. The lowest BCUT2D eigenvalue weighted by atomic mass is 10.1. The van der Waals surface area contributed by atoms with Crippen LogP contribution in [0.5, 0.6) is 0 Å². The number of ether oxygens (including phenoxy) is 1. The Morgan fingerprint density at radius 2 is 2.11 bits per heavy atom. The summed E-state index contributed by atoms with van der Waals surface area (Å²) in [6.07, 6.45) is 3.60. The van der Waals surface area contributed by atoms with Crippen LogP contribution in [0.15, 0.2) is 10.5 Å². The average Bonchev–Trinajstić information content (AvgIpc) is 2.71. The van der Waals surface area contributed by atoms with Gasteiger partial charge in [0.15, 0.2) is 0 Å². The first-order valence-corrected chi connectivity index (χ1v) is 7.54. The standard InChI is InChI=1S/C16H29NO2/c1-5-7-13(3)11-18-12-15-9-16(19-14(15)4)10-17-8-6-2/h9,13,17H,5-8,10-12H2,1-4H3. The molecular formula is C16H29NO2. The van der Waals surface area contributed by atoms with E-state index in [-0.39, 0.29) is 0 Å². The van der Waals surface area contributed by atoms with Crippen molar-refractivity contribution in [1.82, 2.24) is 5.32 Å². The molecule has 0 saturated heterocycles. The van der Waals surface area contributed by atoms with E-state index in [1.165, 1.54) is 18.4 Å². The summed E-state index contributed by atoms with van der Waals surface area (Å²) in [5.41, 5.74) is 1.18. The van der Waals surface area contributed by atoms with E-state index in [0.717, 1.165) is 37.6 Å². The zero-order valence-electron chi connectivity index (χ0n) is 12.9. The Balaban J connectivity index is 2.33. The van der Waals surface area contributed by atoms with Crippen LogP contribution in [0, 0.1) is 12.8 Å². The highest BCUT2D eigenvalue weighted by Crippen LogP contribution is 2.16. The Morgan fingerprint density at radius 3 is 2.79 bits per heavy atom. The van der Waals surface area contributed by atoms with Crippen molar-refractivity contribution in [3.8, 4) is 0 Å². The average molecular weight is 267 g/mol. The van der Waals surface area contributed by atoms with E-state index < -0.39 is 0 Å². The zero-order valence-corrected chi connectivity index (χ0v) is 12.9. The molecule has 1 aromatic heterocycles. The number of rotatable bonds is 10. The maximum atomic E-state index is 5.77. The third-order valence-corrected chi connectivity index (χ3v) is 3.24. The Labute approximate surface area is 117 Å². The van der Waals surface area contributed by atoms with Crippen LogP contribution in [0.3, 0.4) is 0 Å². The lowest BCUT2D eigenvalue weighted by Gasteiger charge is -2.10. The van der Waals surface area contributed by atoms with Gasteiger partial charge in [0.25, 0.3) is 0 Å². The maximum absolute atomic E-state index is 5.77. The summed E-state index contributed by atoms with van der Waals surface area (Å²) in [7, 11) is 0. The predicted octanol–water partition coefficient (Wildman–Crippen LogP) is 4.04. The third kappa shape index (κ3) is 6.26. The first-order valence-electron chi connectivity index (χ1n) is 7.54. The molecule has 110 valence electrons. The minimum atomic E-state index is 0.642. The number of hydrogen-bond donors (Lipinski definition) is 1. The van der Waals surface area contributed by atoms with Crippen LogP contribution in [0.25, 0.3) is 0 Å². The van der Waals surface area contributed by atoms with Gasteiger partial charge in [0.2, 0.25) is 0 Å². The predicted molar refractivity (Wildman–Crippen MR) is 79.2 cm³/mol. The Bertz CT molecular complexity index is 347. The van der Waals surface area contributed by atoms with Crippen molar-refractivity contribution >= 4 is 0 Å². The first kappa shape index (κ1) is 16.3. The second kappa shape index (κ2) is 9.16. The van der Waals surface area contributed by atoms with Crippen LogP contribution < -0.4 is 5.32 Å². The summed E-state index contributed by atoms with van der Waals surface area (Å²) in [4.78, 5) is 0. The van der Waals surface area contributed by atoms with Crippen molar-refractivity contribution in [1.29, 1.82) is 0 Å². The molecule has 0 bridgehead atoms. The van der Waals surface area contributed by atoms with Gasteiger partial charge in [-0.3, -0.25) is 0 Å². The first-order chi connectivity index (χ1) is 9.17. The summed E-state index contributed by atoms with van der Waals surface area (Å²) in [5.74, 6) is 2.63. The van der Waals surface area contributed by atoms with Crippen LogP contribution in [0.4, 0.5) is 0 Å². The molecule has 1 unspecified atom stereocenters. The Morgan fingerprint density at radius 1 is 1.32 bits per heavy atom. The number of furan rings is 1. The van der Waals surface area contributed by atoms with Crippen LogP contribution in [0.1, 0.15) is 57.1 Å². The van der Waals surface area contributed by atoms with Gasteiger partial charge in [0.05, 0.1) is 13.2 Å². The maximum Gasteiger partial charge on any atom is 0.118 e. The van der Waals surface area contributed by atoms with Crippen molar-refractivity contribution < 1.29 is 9.15 Å². The van der Waals surface area contributed by atoms with E-state index in [9.17, 15) is 0 Å². The van der Waals surface area contributed by atoms with Crippen molar-refractivity contribution in [3.05, 3.63) is 23.2 Å². The van der Waals surface area contributed by atoms with Crippen molar-refractivity contribution in [2.24, 2.45) is 5.92 Å². The normalized spacial score (nSPS) is 12.8. The molecule has 0 fully saturated rings. The van der Waals surface area contributed by atoms with Gasteiger partial charge in [-0.05, 0) is 38.3 Å². The molecule has 1 heterocycles. The van der Waals surface area contributed by atoms with E-state index in [2.05, 4.69) is 32.2 Å². The summed E-state index contributed by atoms with van der Waals surface area (Å²) >= 11 is 0. The van der Waals surface area contributed by atoms with Crippen LogP contribution in [-0.4, -0.2) is 13.2 Å². The van der Waals surface area contributed by atoms with Crippen molar-refractivity contribution in [2.75, 3.05) is 13.2 Å². The summed E-state index contributed by atoms with van der Waals surface area (Å²) in [6, 6.07) is 2.11. The molecule has 1 atom stereocenters. The van der Waals surface area contributed by atoms with E-state index in [1.54, 1.807) is 0 Å². The Kier molecular flexibility index (Phi) is 7.84. The number of hydrogen-bond acceptors (Lipinski definition) is 3. The van der Waals surface area contributed by atoms with E-state index >= 15 is 0 Å². The third-order valence-electron chi connectivity index (χ3n) is 3.24. The fourth-order valence-electron chi connectivity index (χ4n) is 2.15. The molecule has 1 aromatic rings. The van der Waals surface area contributed by atoms with Gasteiger partial charge in [-0.1, -0.05) is 27.2 Å². The van der Waals surface area contributed by atoms with Gasteiger partial charge in [-0.2, -0.15) is 0 Å². The smallest absolute Gasteiger partial charge is 0.118 e. The quantitative estimate of drug-likeness (QED) is 0.650. The molecule has 19 heavy (non-hydrogen) atoms. The van der Waals surface area contributed by atoms with Gasteiger partial charge in [0, 0.05) is 12.2 Å². The van der Waals surface area contributed by atoms with Crippen molar-refractivity contribution in [2.45, 2.75) is 60.1 Å². The van der Waals surface area contributed by atoms with E-state index in [4.69, 9.17) is 9.15 Å². The van der Waals surface area contributed by atoms with Gasteiger partial charge < -0.3 is 14.5 Å². The van der Waals surface area contributed by atoms with E-state index in [1.807, 2.05) is 6.92 Å². The molecule has 0 aliphatic carbocycles. The lowest BCUT2D eigenvalue weighted by molar-refractivity contribution is 0.0886. The SMILES string of the molecule is CCCNCc1cc(COCC(C)CCC)c(C)o1. The molecule has 3 heteroatoms. The molecular weight excluding hydrogens is 238 g/mol. The molecule has 0 radical (unpaired) electrons. The minimum absolute atomic E-state index is 0.642. The molecule has 0 aromatic carbocycles. The van der Waals surface area contributed by atoms with Crippen LogP contribution >= 0.6 is 0 Å². The van der Waals surface area contributed by atoms with E-state index in [0.29, 0.717) is 12.5 Å². The summed E-state index contributed by atoms with van der Waals surface area (Å²) in [6.45, 7) is 12.0. The monoisotopic (exact) mass is 267 g/mol. The second-order valence-electron chi connectivity index (χ2n) is 5.38. The molecule has 3 nitrogen and oxygen atoms in total. The molecule has 0 aliphatic rings. The molecule has 1 N–H and O–H groups in total. The van der Waals surface area contributed by atoms with Crippen LogP contribution in [-0.2, 0) is 17.9 Å². The van der Waals surface area contributed by atoms with Crippen molar-refractivity contribution in [3.63, 3.8) is 0 Å². The fraction of sp³-hybridized carbons (Fsp3) is 0.750. The zero-order chi connectivity index (χ0) is 14.1. The summed E-state index contributed by atoms with van der Waals surface area (Å²) in [5, 5.41) is 3.35. The topological polar surface area (TPSA) is 34.4 Å². The van der Waals surface area contributed by atoms with Gasteiger partial charge in [-0.15, -0.1) is 0 Å². The Hall–Kier alpha value is -0.800. The summed E-state index contributed by atoms with van der Waals surface area (Å²) < 4.78 is 11.5. The molecule has 0 saturated carbocycles.